The number of para-hydroxylation sites is 1. The molecule has 1 fully saturated rings. The van der Waals surface area contributed by atoms with Crippen molar-refractivity contribution in [1.29, 1.82) is 0 Å². The van der Waals surface area contributed by atoms with Gasteiger partial charge in [-0.3, -0.25) is 9.59 Å². The van der Waals surface area contributed by atoms with Gasteiger partial charge in [0.15, 0.2) is 5.13 Å². The fraction of sp³-hybridized carbons (Fsp3) is 0.471. The van der Waals surface area contributed by atoms with Crippen LogP contribution in [0.4, 0.5) is 5.13 Å². The number of nitrogens with zero attached hydrogens (tertiary/aromatic N) is 1. The Morgan fingerprint density at radius 2 is 2.04 bits per heavy atom. The highest BCUT2D eigenvalue weighted by Crippen LogP contribution is 2.27. The zero-order chi connectivity index (χ0) is 16.2. The third kappa shape index (κ3) is 3.88. The zero-order valence-corrected chi connectivity index (χ0v) is 14.0. The van der Waals surface area contributed by atoms with E-state index < -0.39 is 0 Å². The van der Waals surface area contributed by atoms with E-state index in [2.05, 4.69) is 15.6 Å². The van der Waals surface area contributed by atoms with Gasteiger partial charge in [0.1, 0.15) is 0 Å². The summed E-state index contributed by atoms with van der Waals surface area (Å²) >= 11 is 1.45. The van der Waals surface area contributed by atoms with Gasteiger partial charge in [0.2, 0.25) is 11.8 Å². The van der Waals surface area contributed by atoms with Crippen molar-refractivity contribution in [2.24, 2.45) is 5.92 Å². The fourth-order valence-electron chi connectivity index (χ4n) is 2.98. The van der Waals surface area contributed by atoms with Crippen molar-refractivity contribution in [2.45, 2.75) is 39.0 Å². The molecule has 6 heteroatoms. The van der Waals surface area contributed by atoms with Gasteiger partial charge in [0.05, 0.1) is 16.8 Å². The van der Waals surface area contributed by atoms with E-state index in [0.29, 0.717) is 5.13 Å². The number of benzene rings is 1. The Morgan fingerprint density at radius 1 is 1.26 bits per heavy atom. The number of aromatic nitrogens is 1. The van der Waals surface area contributed by atoms with Crippen LogP contribution in [0.25, 0.3) is 10.2 Å². The Bertz CT molecular complexity index is 720. The van der Waals surface area contributed by atoms with E-state index in [0.717, 1.165) is 41.5 Å². The topological polar surface area (TPSA) is 71.1 Å². The van der Waals surface area contributed by atoms with Crippen LogP contribution in [0.1, 0.15) is 37.7 Å². The van der Waals surface area contributed by atoms with Crippen LogP contribution in [0.2, 0.25) is 0 Å². The van der Waals surface area contributed by atoms with Gasteiger partial charge in [-0.15, -0.1) is 0 Å². The quantitative estimate of drug-likeness (QED) is 0.903. The van der Waals surface area contributed by atoms with Crippen LogP contribution in [0.3, 0.4) is 0 Å². The first-order valence-electron chi connectivity index (χ1n) is 8.07. The molecule has 23 heavy (non-hydrogen) atoms. The summed E-state index contributed by atoms with van der Waals surface area (Å²) in [4.78, 5) is 28.5. The lowest BCUT2D eigenvalue weighted by Crippen LogP contribution is -2.37. The van der Waals surface area contributed by atoms with E-state index in [1.54, 1.807) is 0 Å². The summed E-state index contributed by atoms with van der Waals surface area (Å²) in [7, 11) is 0. The Kier molecular flexibility index (Phi) is 4.91. The van der Waals surface area contributed by atoms with Gasteiger partial charge in [-0.2, -0.15) is 0 Å². The van der Waals surface area contributed by atoms with Crippen LogP contribution < -0.4 is 10.6 Å². The summed E-state index contributed by atoms with van der Waals surface area (Å²) in [6.07, 6.45) is 5.29. The summed E-state index contributed by atoms with van der Waals surface area (Å²) in [6.45, 7) is 2.00. The normalized spacial score (nSPS) is 15.5. The van der Waals surface area contributed by atoms with Crippen LogP contribution in [0, 0.1) is 12.8 Å². The molecule has 2 amide bonds. The highest BCUT2D eigenvalue weighted by molar-refractivity contribution is 7.22. The van der Waals surface area contributed by atoms with Crippen molar-refractivity contribution >= 4 is 38.5 Å². The smallest absolute Gasteiger partial charge is 0.245 e. The van der Waals surface area contributed by atoms with Gasteiger partial charge in [-0.25, -0.2) is 4.98 Å². The van der Waals surface area contributed by atoms with Crippen LogP contribution in [0.5, 0.6) is 0 Å². The summed E-state index contributed by atoms with van der Waals surface area (Å²) in [5, 5.41) is 6.09. The molecule has 0 atom stereocenters. The number of carbonyl (C=O) groups is 2. The van der Waals surface area contributed by atoms with E-state index in [1.807, 2.05) is 25.1 Å². The molecule has 0 saturated heterocycles. The number of hydrogen-bond donors (Lipinski definition) is 2. The van der Waals surface area contributed by atoms with E-state index in [1.165, 1.54) is 17.8 Å². The molecule has 0 unspecified atom stereocenters. The number of nitrogens with one attached hydrogen (secondary N) is 2. The number of carbonyl (C=O) groups excluding carboxylic acids is 2. The van der Waals surface area contributed by atoms with E-state index in [4.69, 9.17) is 0 Å². The van der Waals surface area contributed by atoms with Crippen molar-refractivity contribution in [3.8, 4) is 0 Å². The highest BCUT2D eigenvalue weighted by atomic mass is 32.1. The second kappa shape index (κ2) is 7.08. The standard InChI is InChI=1S/C17H21N3O2S/c1-11-6-5-9-13-15(11)20-17(23-13)19-14(21)10-18-16(22)12-7-3-2-4-8-12/h5-6,9,12H,2-4,7-8,10H2,1H3,(H,18,22)(H,19,20,21). The number of thiazole rings is 1. The summed E-state index contributed by atoms with van der Waals surface area (Å²) in [5.41, 5.74) is 2.00. The summed E-state index contributed by atoms with van der Waals surface area (Å²) in [5.74, 6) is -0.160. The lowest BCUT2D eigenvalue weighted by molar-refractivity contribution is -0.128. The Labute approximate surface area is 139 Å². The van der Waals surface area contributed by atoms with Gasteiger partial charge in [-0.05, 0) is 31.4 Å². The van der Waals surface area contributed by atoms with Crippen molar-refractivity contribution in [3.05, 3.63) is 23.8 Å². The molecular weight excluding hydrogens is 310 g/mol. The minimum atomic E-state index is -0.231. The molecule has 1 heterocycles. The first-order valence-corrected chi connectivity index (χ1v) is 8.89. The van der Waals surface area contributed by atoms with Crippen LogP contribution in [0.15, 0.2) is 18.2 Å². The molecule has 0 spiro atoms. The number of rotatable bonds is 4. The number of hydrogen-bond acceptors (Lipinski definition) is 4. The van der Waals surface area contributed by atoms with Gasteiger partial charge in [0.25, 0.3) is 0 Å². The number of amides is 2. The zero-order valence-electron chi connectivity index (χ0n) is 13.2. The van der Waals surface area contributed by atoms with E-state index in [9.17, 15) is 9.59 Å². The lowest BCUT2D eigenvalue weighted by Gasteiger charge is -2.20. The molecule has 1 aromatic carbocycles. The SMILES string of the molecule is Cc1cccc2sc(NC(=O)CNC(=O)C3CCCCC3)nc12. The first-order chi connectivity index (χ1) is 11.1. The minimum Gasteiger partial charge on any atom is -0.347 e. The molecule has 1 saturated carbocycles. The van der Waals surface area contributed by atoms with Crippen LogP contribution in [-0.2, 0) is 9.59 Å². The van der Waals surface area contributed by atoms with Crippen molar-refractivity contribution in [3.63, 3.8) is 0 Å². The molecule has 122 valence electrons. The molecule has 5 nitrogen and oxygen atoms in total. The number of fused-ring (bicyclic) bond motifs is 1. The summed E-state index contributed by atoms with van der Waals surface area (Å²) in [6, 6.07) is 5.96. The monoisotopic (exact) mass is 331 g/mol. The molecule has 0 aliphatic heterocycles. The Morgan fingerprint density at radius 3 is 2.78 bits per heavy atom. The van der Waals surface area contributed by atoms with Gasteiger partial charge >= 0.3 is 0 Å². The lowest BCUT2D eigenvalue weighted by atomic mass is 9.89. The van der Waals surface area contributed by atoms with Crippen molar-refractivity contribution < 1.29 is 9.59 Å². The van der Waals surface area contributed by atoms with Gasteiger partial charge in [0, 0.05) is 5.92 Å². The molecule has 0 bridgehead atoms. The second-order valence-electron chi connectivity index (χ2n) is 6.04. The van der Waals surface area contributed by atoms with E-state index in [-0.39, 0.29) is 24.3 Å². The maximum atomic E-state index is 12.0. The average Bonchev–Trinajstić information content (AvgIpc) is 2.97. The highest BCUT2D eigenvalue weighted by Gasteiger charge is 2.21. The molecule has 2 N–H and O–H groups in total. The molecule has 1 aliphatic rings. The number of anilines is 1. The Hall–Kier alpha value is -1.95. The molecule has 2 aromatic rings. The molecule has 3 rings (SSSR count). The second-order valence-corrected chi connectivity index (χ2v) is 7.07. The van der Waals surface area contributed by atoms with Gasteiger partial charge in [-0.1, -0.05) is 42.7 Å². The maximum Gasteiger partial charge on any atom is 0.245 e. The fourth-order valence-corrected chi connectivity index (χ4v) is 3.94. The first kappa shape index (κ1) is 15.9. The predicted molar refractivity (Wildman–Crippen MR) is 92.6 cm³/mol. The van der Waals surface area contributed by atoms with Crippen LogP contribution >= 0.6 is 11.3 Å². The summed E-state index contributed by atoms with van der Waals surface area (Å²) < 4.78 is 1.05. The third-order valence-electron chi connectivity index (χ3n) is 4.27. The van der Waals surface area contributed by atoms with Crippen LogP contribution in [-0.4, -0.2) is 23.3 Å². The molecule has 1 aromatic heterocycles. The molecular formula is C17H21N3O2S. The predicted octanol–water partition coefficient (Wildman–Crippen LogP) is 3.24. The third-order valence-corrected chi connectivity index (χ3v) is 5.20. The Balaban J connectivity index is 1.54. The number of aryl methyl sites for hydroxylation is 1. The maximum absolute atomic E-state index is 12.0. The van der Waals surface area contributed by atoms with Crippen molar-refractivity contribution in [1.82, 2.24) is 10.3 Å². The van der Waals surface area contributed by atoms with E-state index >= 15 is 0 Å². The average molecular weight is 331 g/mol. The molecule has 0 radical (unpaired) electrons. The largest absolute Gasteiger partial charge is 0.347 e. The van der Waals surface area contributed by atoms with Gasteiger partial charge < -0.3 is 10.6 Å². The van der Waals surface area contributed by atoms with Crippen molar-refractivity contribution in [2.75, 3.05) is 11.9 Å². The molecule has 1 aliphatic carbocycles. The minimum absolute atomic E-state index is 0.00000525.